The standard InChI is InChI=1S/C9H9NO3S2/c1-6-4-7-2-3-8(15(11,12)13)5-9(7)14-10-6/h2-5,10H,1H3,(H,11,12,13). The monoisotopic (exact) mass is 243 g/mol. The van der Waals surface area contributed by atoms with E-state index in [1.165, 1.54) is 24.1 Å². The maximum absolute atomic E-state index is 10.9. The van der Waals surface area contributed by atoms with Gasteiger partial charge in [0.05, 0.1) is 4.90 Å². The molecule has 0 aromatic heterocycles. The molecule has 1 aliphatic heterocycles. The Bertz CT molecular complexity index is 534. The summed E-state index contributed by atoms with van der Waals surface area (Å²) in [6.45, 7) is 1.92. The van der Waals surface area contributed by atoms with Crippen molar-refractivity contribution in [3.05, 3.63) is 29.5 Å². The van der Waals surface area contributed by atoms with Gasteiger partial charge in [-0.1, -0.05) is 6.07 Å². The Morgan fingerprint density at radius 3 is 2.80 bits per heavy atom. The Hall–Kier alpha value is -0.980. The lowest BCUT2D eigenvalue weighted by molar-refractivity contribution is 0.483. The van der Waals surface area contributed by atoms with Crippen LogP contribution in [0.15, 0.2) is 33.7 Å². The van der Waals surface area contributed by atoms with Crippen LogP contribution in [0, 0.1) is 0 Å². The Morgan fingerprint density at radius 1 is 1.40 bits per heavy atom. The highest BCUT2D eigenvalue weighted by Crippen LogP contribution is 2.29. The lowest BCUT2D eigenvalue weighted by Gasteiger charge is -2.15. The first-order chi connectivity index (χ1) is 6.97. The lowest BCUT2D eigenvalue weighted by atomic mass is 10.2. The van der Waals surface area contributed by atoms with Crippen LogP contribution < -0.4 is 4.72 Å². The van der Waals surface area contributed by atoms with Gasteiger partial charge >= 0.3 is 0 Å². The van der Waals surface area contributed by atoms with Crippen LogP contribution in [0.4, 0.5) is 0 Å². The molecule has 6 heteroatoms. The van der Waals surface area contributed by atoms with Crippen molar-refractivity contribution >= 4 is 28.1 Å². The number of fused-ring (bicyclic) bond motifs is 1. The quantitative estimate of drug-likeness (QED) is 0.582. The summed E-state index contributed by atoms with van der Waals surface area (Å²) in [6, 6.07) is 4.52. The zero-order valence-corrected chi connectivity index (χ0v) is 9.52. The predicted molar refractivity (Wildman–Crippen MR) is 58.9 cm³/mol. The zero-order valence-electron chi connectivity index (χ0n) is 7.89. The maximum Gasteiger partial charge on any atom is 0.294 e. The fraction of sp³-hybridized carbons (Fsp3) is 0.111. The SMILES string of the molecule is CC1=Cc2ccc(S(=O)(=O)O)cc2SN1. The second-order valence-corrected chi connectivity index (χ2v) is 5.48. The minimum absolute atomic E-state index is 0.0801. The van der Waals surface area contributed by atoms with Crippen molar-refractivity contribution in [2.75, 3.05) is 0 Å². The summed E-state index contributed by atoms with van der Waals surface area (Å²) in [5.41, 5.74) is 1.95. The molecule has 0 unspecified atom stereocenters. The highest BCUT2D eigenvalue weighted by molar-refractivity contribution is 7.97. The molecule has 1 aromatic rings. The van der Waals surface area contributed by atoms with Crippen LogP contribution in [0.1, 0.15) is 12.5 Å². The fourth-order valence-electron chi connectivity index (χ4n) is 1.28. The minimum atomic E-state index is -4.11. The molecule has 15 heavy (non-hydrogen) atoms. The lowest BCUT2D eigenvalue weighted by Crippen LogP contribution is -2.06. The number of allylic oxidation sites excluding steroid dienone is 1. The second kappa shape index (κ2) is 3.55. The summed E-state index contributed by atoms with van der Waals surface area (Å²) >= 11 is 1.33. The third-order valence-electron chi connectivity index (χ3n) is 1.98. The second-order valence-electron chi connectivity index (χ2n) is 3.21. The number of hydrogen-bond donors (Lipinski definition) is 2. The molecule has 2 rings (SSSR count). The molecule has 0 radical (unpaired) electrons. The largest absolute Gasteiger partial charge is 0.330 e. The van der Waals surface area contributed by atoms with Crippen LogP contribution in [0.3, 0.4) is 0 Å². The van der Waals surface area contributed by atoms with E-state index in [0.717, 1.165) is 16.2 Å². The van der Waals surface area contributed by atoms with Gasteiger partial charge in [0, 0.05) is 10.6 Å². The third-order valence-corrected chi connectivity index (χ3v) is 3.82. The summed E-state index contributed by atoms with van der Waals surface area (Å²) < 4.78 is 33.7. The molecule has 4 nitrogen and oxygen atoms in total. The Balaban J connectivity index is 2.54. The molecule has 0 bridgehead atoms. The Kier molecular flexibility index (Phi) is 2.49. The summed E-state index contributed by atoms with van der Waals surface area (Å²) in [4.78, 5) is 0.708. The average Bonchev–Trinajstić information content (AvgIpc) is 2.15. The molecule has 1 aliphatic rings. The van der Waals surface area contributed by atoms with Crippen molar-refractivity contribution in [1.29, 1.82) is 0 Å². The van der Waals surface area contributed by atoms with Gasteiger partial charge in [0.2, 0.25) is 0 Å². The van der Waals surface area contributed by atoms with Crippen LogP contribution in [-0.4, -0.2) is 13.0 Å². The molecule has 2 N–H and O–H groups in total. The molecule has 0 fully saturated rings. The van der Waals surface area contributed by atoms with Crippen molar-refractivity contribution in [2.24, 2.45) is 0 Å². The maximum atomic E-state index is 10.9. The Morgan fingerprint density at radius 2 is 2.13 bits per heavy atom. The van der Waals surface area contributed by atoms with Crippen LogP contribution in [-0.2, 0) is 10.1 Å². The minimum Gasteiger partial charge on any atom is -0.330 e. The van der Waals surface area contributed by atoms with Gasteiger partial charge < -0.3 is 4.72 Å². The van der Waals surface area contributed by atoms with E-state index in [1.807, 2.05) is 13.0 Å². The van der Waals surface area contributed by atoms with E-state index < -0.39 is 10.1 Å². The van der Waals surface area contributed by atoms with Crippen molar-refractivity contribution in [1.82, 2.24) is 4.72 Å². The molecule has 0 saturated carbocycles. The summed E-state index contributed by atoms with van der Waals surface area (Å²) in [5.74, 6) is 0. The normalized spacial score (nSPS) is 15.2. The highest BCUT2D eigenvalue weighted by atomic mass is 32.2. The molecule has 1 aromatic carbocycles. The summed E-state index contributed by atoms with van der Waals surface area (Å²) in [7, 11) is -4.11. The molecular weight excluding hydrogens is 234 g/mol. The molecule has 0 spiro atoms. The number of nitrogens with one attached hydrogen (secondary N) is 1. The first-order valence-electron chi connectivity index (χ1n) is 4.19. The van der Waals surface area contributed by atoms with Crippen LogP contribution in [0.5, 0.6) is 0 Å². The smallest absolute Gasteiger partial charge is 0.294 e. The van der Waals surface area contributed by atoms with Crippen molar-refractivity contribution < 1.29 is 13.0 Å². The highest BCUT2D eigenvalue weighted by Gasteiger charge is 2.14. The number of rotatable bonds is 1. The predicted octanol–water partition coefficient (Wildman–Crippen LogP) is 1.90. The van der Waals surface area contributed by atoms with E-state index in [0.29, 0.717) is 0 Å². The molecule has 80 valence electrons. The van der Waals surface area contributed by atoms with Crippen LogP contribution in [0.25, 0.3) is 6.08 Å². The van der Waals surface area contributed by atoms with Crippen molar-refractivity contribution in [2.45, 2.75) is 16.7 Å². The molecule has 0 amide bonds. The zero-order chi connectivity index (χ0) is 11.1. The summed E-state index contributed by atoms with van der Waals surface area (Å²) in [6.07, 6.45) is 1.92. The van der Waals surface area contributed by atoms with Gasteiger partial charge in [-0.3, -0.25) is 4.55 Å². The molecule has 1 heterocycles. The van der Waals surface area contributed by atoms with Gasteiger partial charge in [-0.2, -0.15) is 8.42 Å². The molecule has 0 atom stereocenters. The van der Waals surface area contributed by atoms with Gasteiger partial charge in [0.15, 0.2) is 0 Å². The first-order valence-corrected chi connectivity index (χ1v) is 6.45. The van der Waals surface area contributed by atoms with E-state index in [1.54, 1.807) is 6.07 Å². The molecule has 0 aliphatic carbocycles. The third kappa shape index (κ3) is 2.17. The van der Waals surface area contributed by atoms with Crippen LogP contribution in [0.2, 0.25) is 0 Å². The number of hydrogen-bond acceptors (Lipinski definition) is 4. The number of benzene rings is 1. The first kappa shape index (κ1) is 10.5. The van der Waals surface area contributed by atoms with Crippen molar-refractivity contribution in [3.8, 4) is 0 Å². The molecular formula is C9H9NO3S2. The van der Waals surface area contributed by atoms with Gasteiger partial charge in [-0.05, 0) is 42.6 Å². The average molecular weight is 243 g/mol. The van der Waals surface area contributed by atoms with E-state index in [2.05, 4.69) is 4.72 Å². The Labute approximate surface area is 92.3 Å². The topological polar surface area (TPSA) is 66.4 Å². The van der Waals surface area contributed by atoms with Gasteiger partial charge in [-0.25, -0.2) is 0 Å². The van der Waals surface area contributed by atoms with Crippen LogP contribution >= 0.6 is 11.9 Å². The van der Waals surface area contributed by atoms with E-state index in [4.69, 9.17) is 4.55 Å². The fourth-order valence-corrected chi connectivity index (χ4v) is 2.62. The van der Waals surface area contributed by atoms with E-state index >= 15 is 0 Å². The van der Waals surface area contributed by atoms with E-state index in [9.17, 15) is 8.42 Å². The van der Waals surface area contributed by atoms with Gasteiger partial charge in [0.25, 0.3) is 10.1 Å². The van der Waals surface area contributed by atoms with Gasteiger partial charge in [0.1, 0.15) is 0 Å². The van der Waals surface area contributed by atoms with E-state index in [-0.39, 0.29) is 4.90 Å². The van der Waals surface area contributed by atoms with Crippen molar-refractivity contribution in [3.63, 3.8) is 0 Å². The summed E-state index contributed by atoms with van der Waals surface area (Å²) in [5, 5.41) is 0. The van der Waals surface area contributed by atoms with Gasteiger partial charge in [-0.15, -0.1) is 0 Å². The molecule has 0 saturated heterocycles.